The third-order valence-corrected chi connectivity index (χ3v) is 3.82. The molecule has 0 saturated heterocycles. The van der Waals surface area contributed by atoms with Crippen molar-refractivity contribution in [2.45, 2.75) is 13.0 Å². The Kier molecular flexibility index (Phi) is 2.64. The van der Waals surface area contributed by atoms with Gasteiger partial charge in [-0.25, -0.2) is 4.98 Å². The molecular weight excluding hydrogens is 310 g/mol. The van der Waals surface area contributed by atoms with E-state index in [0.29, 0.717) is 0 Å². The number of aromatic amines is 1. The largest absolute Gasteiger partial charge is 0.341 e. The van der Waals surface area contributed by atoms with E-state index in [2.05, 4.69) is 41.8 Å². The maximum Gasteiger partial charge on any atom is 0.123 e. The minimum absolute atomic E-state index is 0.0695. The zero-order valence-electron chi connectivity index (χ0n) is 7.51. The van der Waals surface area contributed by atoms with Crippen LogP contribution < -0.4 is 5.73 Å². The standard InChI is InChI=1S/C9H9Br2N3/c1-4(12)9-13-7-2-5(10)6(11)3-8(7)14-9/h2-4H,12H2,1H3,(H,13,14)/t4-/m1/s1. The van der Waals surface area contributed by atoms with Gasteiger partial charge in [0.1, 0.15) is 5.82 Å². The summed E-state index contributed by atoms with van der Waals surface area (Å²) < 4.78 is 2.00. The molecule has 5 heteroatoms. The second-order valence-electron chi connectivity index (χ2n) is 3.19. The van der Waals surface area contributed by atoms with Crippen LogP contribution in [0.15, 0.2) is 21.1 Å². The first-order chi connectivity index (χ1) is 6.58. The average Bonchev–Trinajstić information content (AvgIpc) is 2.48. The van der Waals surface area contributed by atoms with Crippen molar-refractivity contribution in [2.75, 3.05) is 0 Å². The van der Waals surface area contributed by atoms with E-state index in [0.717, 1.165) is 25.8 Å². The molecule has 0 aliphatic rings. The predicted octanol–water partition coefficient (Wildman–Crippen LogP) is 3.11. The number of nitrogens with two attached hydrogens (primary N) is 1. The third-order valence-electron chi connectivity index (χ3n) is 1.97. The summed E-state index contributed by atoms with van der Waals surface area (Å²) in [5.41, 5.74) is 7.65. The molecule has 1 aromatic heterocycles. The molecule has 0 aliphatic carbocycles. The number of aromatic nitrogens is 2. The first-order valence-electron chi connectivity index (χ1n) is 4.18. The second-order valence-corrected chi connectivity index (χ2v) is 4.90. The van der Waals surface area contributed by atoms with Gasteiger partial charge in [-0.2, -0.15) is 0 Å². The van der Waals surface area contributed by atoms with Gasteiger partial charge in [0.2, 0.25) is 0 Å². The zero-order chi connectivity index (χ0) is 10.3. The van der Waals surface area contributed by atoms with Crippen molar-refractivity contribution in [1.82, 2.24) is 9.97 Å². The molecule has 74 valence electrons. The summed E-state index contributed by atoms with van der Waals surface area (Å²) in [5.74, 6) is 0.810. The van der Waals surface area contributed by atoms with Crippen molar-refractivity contribution in [3.8, 4) is 0 Å². The number of benzene rings is 1. The molecular formula is C9H9Br2N3. The van der Waals surface area contributed by atoms with Crippen LogP contribution in [0, 0.1) is 0 Å². The Bertz CT molecular complexity index is 437. The molecule has 3 nitrogen and oxygen atoms in total. The Balaban J connectivity index is 2.66. The van der Waals surface area contributed by atoms with Crippen LogP contribution in [-0.2, 0) is 0 Å². The number of halogens is 2. The number of H-pyrrole nitrogens is 1. The Morgan fingerprint density at radius 1 is 1.36 bits per heavy atom. The first-order valence-corrected chi connectivity index (χ1v) is 5.77. The first kappa shape index (κ1) is 10.1. The third kappa shape index (κ3) is 1.71. The van der Waals surface area contributed by atoms with Gasteiger partial charge in [0.25, 0.3) is 0 Å². The molecule has 2 aromatic rings. The fourth-order valence-corrected chi connectivity index (χ4v) is 1.91. The normalized spacial score (nSPS) is 13.4. The fourth-order valence-electron chi connectivity index (χ4n) is 1.24. The van der Waals surface area contributed by atoms with Crippen LogP contribution in [0.2, 0.25) is 0 Å². The SMILES string of the molecule is C[C@@H](N)c1nc2cc(Br)c(Br)cc2[nH]1. The highest BCUT2D eigenvalue weighted by atomic mass is 79.9. The highest BCUT2D eigenvalue weighted by Gasteiger charge is 2.08. The van der Waals surface area contributed by atoms with E-state index in [1.165, 1.54) is 0 Å². The van der Waals surface area contributed by atoms with Crippen LogP contribution in [0.25, 0.3) is 11.0 Å². The zero-order valence-corrected chi connectivity index (χ0v) is 10.7. The highest BCUT2D eigenvalue weighted by molar-refractivity contribution is 9.13. The lowest BCUT2D eigenvalue weighted by molar-refractivity contribution is 0.760. The maximum absolute atomic E-state index is 5.74. The Morgan fingerprint density at radius 3 is 2.64 bits per heavy atom. The van der Waals surface area contributed by atoms with Gasteiger partial charge in [0.05, 0.1) is 17.1 Å². The maximum atomic E-state index is 5.74. The van der Waals surface area contributed by atoms with E-state index in [4.69, 9.17) is 5.73 Å². The Morgan fingerprint density at radius 2 is 2.00 bits per heavy atom. The van der Waals surface area contributed by atoms with Crippen molar-refractivity contribution in [1.29, 1.82) is 0 Å². The fraction of sp³-hybridized carbons (Fsp3) is 0.222. The summed E-state index contributed by atoms with van der Waals surface area (Å²) in [7, 11) is 0. The van der Waals surface area contributed by atoms with Gasteiger partial charge in [0.15, 0.2) is 0 Å². The summed E-state index contributed by atoms with van der Waals surface area (Å²) >= 11 is 6.87. The number of nitrogens with zero attached hydrogens (tertiary/aromatic N) is 1. The summed E-state index contributed by atoms with van der Waals surface area (Å²) in [4.78, 5) is 7.56. The average molecular weight is 319 g/mol. The quantitative estimate of drug-likeness (QED) is 0.849. The van der Waals surface area contributed by atoms with E-state index in [9.17, 15) is 0 Å². The van der Waals surface area contributed by atoms with E-state index in [1.807, 2.05) is 19.1 Å². The second kappa shape index (κ2) is 3.64. The molecule has 14 heavy (non-hydrogen) atoms. The molecule has 0 fully saturated rings. The topological polar surface area (TPSA) is 54.7 Å². The van der Waals surface area contributed by atoms with Crippen molar-refractivity contribution in [2.24, 2.45) is 5.73 Å². The van der Waals surface area contributed by atoms with Crippen molar-refractivity contribution >= 4 is 42.9 Å². The number of hydrogen-bond donors (Lipinski definition) is 2. The number of nitrogens with one attached hydrogen (secondary N) is 1. The van der Waals surface area contributed by atoms with E-state index in [1.54, 1.807) is 0 Å². The van der Waals surface area contributed by atoms with Crippen LogP contribution in [0.1, 0.15) is 18.8 Å². The Labute approximate surface area is 98.3 Å². The van der Waals surface area contributed by atoms with Gasteiger partial charge in [-0.3, -0.25) is 0 Å². The number of rotatable bonds is 1. The monoisotopic (exact) mass is 317 g/mol. The molecule has 1 heterocycles. The molecule has 0 saturated carbocycles. The number of hydrogen-bond acceptors (Lipinski definition) is 2. The molecule has 0 amide bonds. The van der Waals surface area contributed by atoms with Gasteiger partial charge < -0.3 is 10.7 Å². The van der Waals surface area contributed by atoms with Crippen molar-refractivity contribution in [3.05, 3.63) is 26.9 Å². The minimum Gasteiger partial charge on any atom is -0.341 e. The van der Waals surface area contributed by atoms with Crippen LogP contribution in [0.5, 0.6) is 0 Å². The van der Waals surface area contributed by atoms with Gasteiger partial charge in [-0.05, 0) is 50.9 Å². The van der Waals surface area contributed by atoms with Crippen molar-refractivity contribution in [3.63, 3.8) is 0 Å². The van der Waals surface area contributed by atoms with Crippen molar-refractivity contribution < 1.29 is 0 Å². The Hall–Kier alpha value is -0.390. The number of imidazole rings is 1. The lowest BCUT2D eigenvalue weighted by atomic mass is 10.3. The minimum atomic E-state index is -0.0695. The van der Waals surface area contributed by atoms with Gasteiger partial charge in [0, 0.05) is 8.95 Å². The van der Waals surface area contributed by atoms with E-state index < -0.39 is 0 Å². The summed E-state index contributed by atoms with van der Waals surface area (Å²) in [6.45, 7) is 1.90. The van der Waals surface area contributed by atoms with Crippen LogP contribution in [0.4, 0.5) is 0 Å². The summed E-state index contributed by atoms with van der Waals surface area (Å²) in [5, 5.41) is 0. The van der Waals surface area contributed by atoms with Gasteiger partial charge in [-0.15, -0.1) is 0 Å². The van der Waals surface area contributed by atoms with Gasteiger partial charge in [-0.1, -0.05) is 0 Å². The molecule has 0 unspecified atom stereocenters. The molecule has 3 N–H and O–H groups in total. The van der Waals surface area contributed by atoms with E-state index >= 15 is 0 Å². The predicted molar refractivity (Wildman–Crippen MR) is 64.1 cm³/mol. The molecule has 0 radical (unpaired) electrons. The number of fused-ring (bicyclic) bond motifs is 1. The lowest BCUT2D eigenvalue weighted by Gasteiger charge is -1.96. The van der Waals surface area contributed by atoms with E-state index in [-0.39, 0.29) is 6.04 Å². The molecule has 1 aromatic carbocycles. The summed E-state index contributed by atoms with van der Waals surface area (Å²) in [6, 6.07) is 3.88. The van der Waals surface area contributed by atoms with Crippen LogP contribution in [-0.4, -0.2) is 9.97 Å². The molecule has 0 aliphatic heterocycles. The lowest BCUT2D eigenvalue weighted by Crippen LogP contribution is -2.06. The van der Waals surface area contributed by atoms with Crippen LogP contribution >= 0.6 is 31.9 Å². The molecule has 0 spiro atoms. The summed E-state index contributed by atoms with van der Waals surface area (Å²) in [6.07, 6.45) is 0. The molecule has 0 bridgehead atoms. The van der Waals surface area contributed by atoms with Crippen LogP contribution in [0.3, 0.4) is 0 Å². The molecule has 1 atom stereocenters. The highest BCUT2D eigenvalue weighted by Crippen LogP contribution is 2.27. The smallest absolute Gasteiger partial charge is 0.123 e. The molecule has 2 rings (SSSR count). The van der Waals surface area contributed by atoms with Gasteiger partial charge >= 0.3 is 0 Å².